The number of benzene rings is 1. The molecule has 2 N–H and O–H groups in total. The Bertz CT molecular complexity index is 467. The minimum absolute atomic E-state index is 0.0480. The van der Waals surface area contributed by atoms with E-state index in [1.165, 1.54) is 6.07 Å². The number of amides is 1. The van der Waals surface area contributed by atoms with Crippen LogP contribution in [-0.4, -0.2) is 22.4 Å². The van der Waals surface area contributed by atoms with Gasteiger partial charge in [0.1, 0.15) is 11.6 Å². The molecule has 1 aromatic carbocycles. The number of carbonyl (C=O) groups is 1. The fraction of sp³-hybridized carbons (Fsp3) is 0.500. The Balaban J connectivity index is 2.09. The van der Waals surface area contributed by atoms with Crippen molar-refractivity contribution in [2.75, 3.05) is 0 Å². The fourth-order valence-corrected chi connectivity index (χ4v) is 2.70. The van der Waals surface area contributed by atoms with Crippen LogP contribution in [0.1, 0.15) is 42.5 Å². The van der Waals surface area contributed by atoms with E-state index in [9.17, 15) is 14.3 Å². The van der Waals surface area contributed by atoms with Gasteiger partial charge in [-0.15, -0.1) is 11.6 Å². The molecule has 0 aliphatic heterocycles. The summed E-state index contributed by atoms with van der Waals surface area (Å²) in [6, 6.07) is 3.20. The van der Waals surface area contributed by atoms with Gasteiger partial charge < -0.3 is 10.4 Å². The minimum Gasteiger partial charge on any atom is -0.507 e. The number of carbonyl (C=O) groups excluding carboxylic acids is 1. The lowest BCUT2D eigenvalue weighted by molar-refractivity contribution is 0.0931. The summed E-state index contributed by atoms with van der Waals surface area (Å²) in [5, 5.41) is 12.3. The first-order valence-corrected chi connectivity index (χ1v) is 6.95. The number of hydrogen-bond donors (Lipinski definition) is 2. The van der Waals surface area contributed by atoms with E-state index in [0.717, 1.165) is 44.2 Å². The molecule has 1 aliphatic carbocycles. The zero-order chi connectivity index (χ0) is 13.8. The molecule has 0 heterocycles. The van der Waals surface area contributed by atoms with E-state index in [1.807, 2.05) is 0 Å². The molecule has 3 nitrogen and oxygen atoms in total. The van der Waals surface area contributed by atoms with Crippen LogP contribution in [0.4, 0.5) is 4.39 Å². The van der Waals surface area contributed by atoms with Gasteiger partial charge in [-0.2, -0.15) is 0 Å². The zero-order valence-corrected chi connectivity index (χ0v) is 11.3. The molecule has 1 aliphatic rings. The third-order valence-corrected chi connectivity index (χ3v) is 3.97. The summed E-state index contributed by atoms with van der Waals surface area (Å²) < 4.78 is 13.1. The van der Waals surface area contributed by atoms with Gasteiger partial charge >= 0.3 is 0 Å². The van der Waals surface area contributed by atoms with Gasteiger partial charge in [0.05, 0.1) is 10.9 Å². The maximum atomic E-state index is 13.1. The number of aromatic hydroxyl groups is 1. The van der Waals surface area contributed by atoms with E-state index in [2.05, 4.69) is 5.32 Å². The number of rotatable bonds is 2. The standard InChI is InChI=1S/C14H17ClFNO2/c15-11-4-2-1-3-5-12(11)17-14(19)10-8-9(16)6-7-13(10)18/h6-8,11-12,18H,1-5H2,(H,17,19). The molecule has 2 rings (SSSR count). The highest BCUT2D eigenvalue weighted by atomic mass is 35.5. The molecular weight excluding hydrogens is 269 g/mol. The third-order valence-electron chi connectivity index (χ3n) is 3.45. The third kappa shape index (κ3) is 3.60. The predicted molar refractivity (Wildman–Crippen MR) is 72.0 cm³/mol. The van der Waals surface area contributed by atoms with Gasteiger partial charge in [-0.1, -0.05) is 19.3 Å². The van der Waals surface area contributed by atoms with Crippen LogP contribution in [0.5, 0.6) is 5.75 Å². The fourth-order valence-electron chi connectivity index (χ4n) is 2.36. The van der Waals surface area contributed by atoms with E-state index in [-0.39, 0.29) is 22.7 Å². The number of phenolic OH excluding ortho intramolecular Hbond substituents is 1. The second kappa shape index (κ2) is 6.24. The quantitative estimate of drug-likeness (QED) is 0.647. The Morgan fingerprint density at radius 2 is 2.05 bits per heavy atom. The Hall–Kier alpha value is -1.29. The van der Waals surface area contributed by atoms with Crippen molar-refractivity contribution in [2.45, 2.75) is 43.5 Å². The molecule has 1 amide bonds. The number of hydrogen-bond acceptors (Lipinski definition) is 2. The van der Waals surface area contributed by atoms with Crippen molar-refractivity contribution in [3.05, 3.63) is 29.6 Å². The minimum atomic E-state index is -0.550. The van der Waals surface area contributed by atoms with Crippen LogP contribution in [-0.2, 0) is 0 Å². The maximum Gasteiger partial charge on any atom is 0.255 e. The van der Waals surface area contributed by atoms with Crippen molar-refractivity contribution in [3.63, 3.8) is 0 Å². The summed E-state index contributed by atoms with van der Waals surface area (Å²) >= 11 is 6.24. The second-order valence-electron chi connectivity index (χ2n) is 4.90. The van der Waals surface area contributed by atoms with Gasteiger partial charge in [0.15, 0.2) is 0 Å². The van der Waals surface area contributed by atoms with Crippen LogP contribution in [0.25, 0.3) is 0 Å². The number of halogens is 2. The van der Waals surface area contributed by atoms with Crippen molar-refractivity contribution in [2.24, 2.45) is 0 Å². The van der Waals surface area contributed by atoms with Crippen molar-refractivity contribution in [1.82, 2.24) is 5.32 Å². The van der Waals surface area contributed by atoms with Gasteiger partial charge in [0, 0.05) is 6.04 Å². The summed E-state index contributed by atoms with van der Waals surface area (Å²) in [6.45, 7) is 0. The summed E-state index contributed by atoms with van der Waals surface area (Å²) in [7, 11) is 0. The van der Waals surface area contributed by atoms with Crippen molar-refractivity contribution >= 4 is 17.5 Å². The molecule has 104 valence electrons. The molecule has 1 fully saturated rings. The summed E-state index contributed by atoms with van der Waals surface area (Å²) in [4.78, 5) is 12.0. The van der Waals surface area contributed by atoms with Gasteiger partial charge in [0.2, 0.25) is 0 Å². The van der Waals surface area contributed by atoms with Gasteiger partial charge in [-0.3, -0.25) is 4.79 Å². The lowest BCUT2D eigenvalue weighted by Gasteiger charge is -2.21. The van der Waals surface area contributed by atoms with Crippen LogP contribution >= 0.6 is 11.6 Å². The smallest absolute Gasteiger partial charge is 0.255 e. The molecule has 0 bridgehead atoms. The lowest BCUT2D eigenvalue weighted by atomic mass is 10.1. The molecule has 0 saturated heterocycles. The molecule has 0 spiro atoms. The zero-order valence-electron chi connectivity index (χ0n) is 10.5. The molecule has 5 heteroatoms. The average molecular weight is 286 g/mol. The van der Waals surface area contributed by atoms with E-state index in [1.54, 1.807) is 0 Å². The highest BCUT2D eigenvalue weighted by Gasteiger charge is 2.24. The average Bonchev–Trinajstić information content (AvgIpc) is 2.58. The van der Waals surface area contributed by atoms with Gasteiger partial charge in [-0.25, -0.2) is 4.39 Å². The summed E-state index contributed by atoms with van der Waals surface area (Å²) in [6.07, 6.45) is 4.87. The monoisotopic (exact) mass is 285 g/mol. The molecule has 2 unspecified atom stereocenters. The predicted octanol–water partition coefficient (Wildman–Crippen LogP) is 3.20. The van der Waals surface area contributed by atoms with Gasteiger partial charge in [-0.05, 0) is 31.0 Å². The van der Waals surface area contributed by atoms with E-state index >= 15 is 0 Å². The van der Waals surface area contributed by atoms with Crippen LogP contribution < -0.4 is 5.32 Å². The summed E-state index contributed by atoms with van der Waals surface area (Å²) in [5.74, 6) is -1.25. The molecule has 19 heavy (non-hydrogen) atoms. The Labute approximate surface area is 116 Å². The highest BCUT2D eigenvalue weighted by molar-refractivity contribution is 6.21. The Kier molecular flexibility index (Phi) is 4.64. The number of alkyl halides is 1. The molecule has 1 saturated carbocycles. The van der Waals surface area contributed by atoms with Crippen molar-refractivity contribution < 1.29 is 14.3 Å². The van der Waals surface area contributed by atoms with Crippen LogP contribution in [0, 0.1) is 5.82 Å². The van der Waals surface area contributed by atoms with E-state index < -0.39 is 11.7 Å². The SMILES string of the molecule is O=C(NC1CCCCCC1Cl)c1cc(F)ccc1O. The van der Waals surface area contributed by atoms with Crippen LogP contribution in [0.15, 0.2) is 18.2 Å². The lowest BCUT2D eigenvalue weighted by Crippen LogP contribution is -2.40. The molecule has 0 aromatic heterocycles. The molecule has 0 radical (unpaired) electrons. The van der Waals surface area contributed by atoms with Crippen LogP contribution in [0.3, 0.4) is 0 Å². The first kappa shape index (κ1) is 14.1. The maximum absolute atomic E-state index is 13.1. The summed E-state index contributed by atoms with van der Waals surface area (Å²) in [5.41, 5.74) is -0.0480. The first-order chi connectivity index (χ1) is 9.08. The number of phenols is 1. The first-order valence-electron chi connectivity index (χ1n) is 6.51. The molecule has 2 atom stereocenters. The van der Waals surface area contributed by atoms with Gasteiger partial charge in [0.25, 0.3) is 5.91 Å². The Morgan fingerprint density at radius 1 is 1.32 bits per heavy atom. The van der Waals surface area contributed by atoms with E-state index in [4.69, 9.17) is 11.6 Å². The van der Waals surface area contributed by atoms with Crippen molar-refractivity contribution in [3.8, 4) is 5.75 Å². The normalized spacial score (nSPS) is 23.7. The van der Waals surface area contributed by atoms with Crippen molar-refractivity contribution in [1.29, 1.82) is 0 Å². The van der Waals surface area contributed by atoms with E-state index in [0.29, 0.717) is 0 Å². The van der Waals surface area contributed by atoms with Crippen LogP contribution in [0.2, 0.25) is 0 Å². The Morgan fingerprint density at radius 3 is 2.84 bits per heavy atom. The highest BCUT2D eigenvalue weighted by Crippen LogP contribution is 2.24. The largest absolute Gasteiger partial charge is 0.507 e. The molecule has 1 aromatic rings. The topological polar surface area (TPSA) is 49.3 Å². The molecular formula is C14H17ClFNO2. The number of nitrogens with one attached hydrogen (secondary N) is 1. The second-order valence-corrected chi connectivity index (χ2v) is 5.46.